The number of hydrogen-bond acceptors (Lipinski definition) is 9. The normalized spacial score (nSPS) is 14.7. The summed E-state index contributed by atoms with van der Waals surface area (Å²) < 4.78 is 21.5. The second-order valence-electron chi connectivity index (χ2n) is 5.36. The Morgan fingerprint density at radius 3 is 1.56 bits per heavy atom. The lowest BCUT2D eigenvalue weighted by Crippen LogP contribution is -2.02. The van der Waals surface area contributed by atoms with Crippen LogP contribution in [0.15, 0.2) is 36.4 Å². The molecule has 0 fully saturated rings. The van der Waals surface area contributed by atoms with Crippen LogP contribution in [0.1, 0.15) is 11.1 Å². The average Bonchev–Trinajstić information content (AvgIpc) is 3.31. The molecule has 2 aromatic heterocycles. The van der Waals surface area contributed by atoms with Crippen LogP contribution in [0.2, 0.25) is 0 Å². The fourth-order valence-electron chi connectivity index (χ4n) is 2.79. The highest BCUT2D eigenvalue weighted by Crippen LogP contribution is 2.35. The Kier molecular flexibility index (Phi) is 2.99. The van der Waals surface area contributed by atoms with Gasteiger partial charge in [-0.1, -0.05) is 12.1 Å². The number of aromatic nitrogens is 4. The van der Waals surface area contributed by atoms with E-state index in [4.69, 9.17) is 4.74 Å². The molecule has 0 atom stereocenters. The molecule has 3 heterocycles. The quantitative estimate of drug-likeness (QED) is 0.397. The second kappa shape index (κ2) is 5.23. The zero-order valence-electron chi connectivity index (χ0n) is 12.3. The van der Waals surface area contributed by atoms with E-state index in [-0.39, 0.29) is 11.1 Å². The molecule has 0 spiro atoms. The Labute approximate surface area is 148 Å². The fourth-order valence-corrected chi connectivity index (χ4v) is 3.82. The van der Waals surface area contributed by atoms with Crippen molar-refractivity contribution in [3.63, 3.8) is 0 Å². The molecule has 5 rings (SSSR count). The monoisotopic (exact) mass is 366 g/mol. The lowest BCUT2D eigenvalue weighted by molar-refractivity contribution is -0.149. The molecule has 0 radical (unpaired) electrons. The zero-order valence-corrected chi connectivity index (χ0v) is 13.9. The lowest BCUT2D eigenvalue weighted by Gasteiger charge is -2.03. The van der Waals surface area contributed by atoms with Crippen molar-refractivity contribution in [3.05, 3.63) is 47.5 Å². The highest BCUT2D eigenvalue weighted by molar-refractivity contribution is 7.00. The Balaban J connectivity index is 1.76. The molecule has 0 aliphatic carbocycles. The maximum absolute atomic E-state index is 12.3. The first-order valence-electron chi connectivity index (χ1n) is 7.17. The third-order valence-electron chi connectivity index (χ3n) is 3.93. The summed E-state index contributed by atoms with van der Waals surface area (Å²) in [5, 5.41) is 0. The van der Waals surface area contributed by atoms with Gasteiger partial charge < -0.3 is 4.74 Å². The molecule has 0 amide bonds. The first-order chi connectivity index (χ1) is 12.2. The minimum absolute atomic E-state index is 0.224. The maximum Gasteiger partial charge on any atom is 0.347 e. The molecule has 9 heteroatoms. The predicted octanol–water partition coefficient (Wildman–Crippen LogP) is 2.69. The van der Waals surface area contributed by atoms with Gasteiger partial charge in [0.25, 0.3) is 0 Å². The van der Waals surface area contributed by atoms with Crippen molar-refractivity contribution >= 4 is 68.6 Å². The minimum atomic E-state index is -0.668. The molecular weight excluding hydrogens is 360 g/mol. The van der Waals surface area contributed by atoms with Crippen molar-refractivity contribution in [2.45, 2.75) is 0 Å². The van der Waals surface area contributed by atoms with Crippen LogP contribution in [-0.4, -0.2) is 29.4 Å². The van der Waals surface area contributed by atoms with Gasteiger partial charge in [-0.2, -0.15) is 17.5 Å². The van der Waals surface area contributed by atoms with E-state index in [9.17, 15) is 9.59 Å². The fraction of sp³-hybridized carbons (Fsp3) is 0. The van der Waals surface area contributed by atoms with Gasteiger partial charge in [0.05, 0.1) is 34.6 Å². The van der Waals surface area contributed by atoms with Crippen LogP contribution in [0.25, 0.3) is 33.2 Å². The van der Waals surface area contributed by atoms with Gasteiger partial charge in [-0.3, -0.25) is 0 Å². The van der Waals surface area contributed by atoms with Gasteiger partial charge in [0.15, 0.2) is 0 Å². The van der Waals surface area contributed by atoms with Crippen molar-refractivity contribution in [1.82, 2.24) is 17.5 Å². The highest BCUT2D eigenvalue weighted by Gasteiger charge is 2.35. The molecule has 1 aliphatic heterocycles. The number of cyclic esters (lactones) is 2. The van der Waals surface area contributed by atoms with Crippen LogP contribution in [0.5, 0.6) is 0 Å². The number of fused-ring (bicyclic) bond motifs is 2. The van der Waals surface area contributed by atoms with E-state index in [1.807, 2.05) is 0 Å². The van der Waals surface area contributed by atoms with E-state index in [1.165, 1.54) is 0 Å². The van der Waals surface area contributed by atoms with Gasteiger partial charge in [-0.15, -0.1) is 0 Å². The van der Waals surface area contributed by atoms with E-state index < -0.39 is 11.9 Å². The Morgan fingerprint density at radius 1 is 0.640 bits per heavy atom. The summed E-state index contributed by atoms with van der Waals surface area (Å²) in [7, 11) is 0. The largest absolute Gasteiger partial charge is 0.386 e. The number of rotatable bonds is 2. The van der Waals surface area contributed by atoms with E-state index in [2.05, 4.69) is 17.5 Å². The number of hydrogen-bond donors (Lipinski definition) is 0. The van der Waals surface area contributed by atoms with Crippen molar-refractivity contribution < 1.29 is 14.3 Å². The third-order valence-corrected chi connectivity index (χ3v) is 5.04. The second-order valence-corrected chi connectivity index (χ2v) is 6.42. The molecule has 7 nitrogen and oxygen atoms in total. The Hall–Kier alpha value is -3.04. The summed E-state index contributed by atoms with van der Waals surface area (Å²) in [5.74, 6) is -1.34. The van der Waals surface area contributed by atoms with Crippen molar-refractivity contribution in [3.8, 4) is 0 Å². The van der Waals surface area contributed by atoms with E-state index in [0.717, 1.165) is 34.5 Å². The zero-order chi connectivity index (χ0) is 17.0. The highest BCUT2D eigenvalue weighted by atomic mass is 32.1. The number of nitrogens with zero attached hydrogens (tertiary/aromatic N) is 4. The van der Waals surface area contributed by atoms with Crippen LogP contribution in [0.4, 0.5) is 0 Å². The minimum Gasteiger partial charge on any atom is -0.386 e. The molecule has 0 N–H and O–H groups in total. The first-order valence-corrected chi connectivity index (χ1v) is 8.63. The number of benzene rings is 2. The summed E-state index contributed by atoms with van der Waals surface area (Å²) >= 11 is 2.18. The van der Waals surface area contributed by atoms with Gasteiger partial charge >= 0.3 is 11.9 Å². The summed E-state index contributed by atoms with van der Waals surface area (Å²) in [6, 6.07) is 10.5. The smallest absolute Gasteiger partial charge is 0.347 e. The van der Waals surface area contributed by atoms with E-state index in [1.54, 1.807) is 36.4 Å². The molecule has 25 heavy (non-hydrogen) atoms. The summed E-state index contributed by atoms with van der Waals surface area (Å²) in [6.45, 7) is 0. The number of carbonyl (C=O) groups excluding carboxylic acids is 2. The summed E-state index contributed by atoms with van der Waals surface area (Å²) in [4.78, 5) is 24.6. The average molecular weight is 366 g/mol. The Morgan fingerprint density at radius 2 is 1.08 bits per heavy atom. The van der Waals surface area contributed by atoms with Crippen molar-refractivity contribution in [1.29, 1.82) is 0 Å². The Bertz CT molecular complexity index is 1130. The molecule has 0 saturated heterocycles. The van der Waals surface area contributed by atoms with Gasteiger partial charge in [-0.25, -0.2) is 9.59 Å². The van der Waals surface area contributed by atoms with Crippen molar-refractivity contribution in [2.75, 3.05) is 0 Å². The number of esters is 2. The van der Waals surface area contributed by atoms with Crippen LogP contribution in [-0.2, 0) is 14.3 Å². The van der Waals surface area contributed by atoms with Gasteiger partial charge in [0.2, 0.25) is 0 Å². The number of carbonyl (C=O) groups is 2. The molecule has 0 saturated carbocycles. The van der Waals surface area contributed by atoms with Crippen LogP contribution in [0, 0.1) is 0 Å². The van der Waals surface area contributed by atoms with E-state index in [0.29, 0.717) is 22.2 Å². The lowest BCUT2D eigenvalue weighted by atomic mass is 9.96. The molecule has 0 unspecified atom stereocenters. The van der Waals surface area contributed by atoms with E-state index >= 15 is 0 Å². The molecule has 120 valence electrons. The maximum atomic E-state index is 12.3. The van der Waals surface area contributed by atoms with Crippen LogP contribution in [0.3, 0.4) is 0 Å². The topological polar surface area (TPSA) is 94.9 Å². The van der Waals surface area contributed by atoms with Gasteiger partial charge in [-0.05, 0) is 35.4 Å². The first kappa shape index (κ1) is 14.3. The predicted molar refractivity (Wildman–Crippen MR) is 92.7 cm³/mol. The van der Waals surface area contributed by atoms with Crippen LogP contribution >= 0.6 is 23.5 Å². The third kappa shape index (κ3) is 2.17. The molecular formula is C16H6N4O3S2. The summed E-state index contributed by atoms with van der Waals surface area (Å²) in [6.07, 6.45) is 0. The summed E-state index contributed by atoms with van der Waals surface area (Å²) in [5.41, 5.74) is 4.41. The molecule has 1 aliphatic rings. The SMILES string of the molecule is O=C1OC(=O)C(c2ccc3nsnc3c2)=C1c1ccc2nsnc2c1. The van der Waals surface area contributed by atoms with Gasteiger partial charge in [0, 0.05) is 0 Å². The molecule has 4 aromatic rings. The standard InChI is InChI=1S/C16H6N4O3S2/c21-15-13(7-1-3-9-11(5-7)19-24-17-9)14(16(22)23-15)8-2-4-10-12(6-8)20-25-18-10/h1-6H. The molecule has 2 aromatic carbocycles. The molecule has 0 bridgehead atoms. The van der Waals surface area contributed by atoms with Crippen LogP contribution < -0.4 is 0 Å². The van der Waals surface area contributed by atoms with Gasteiger partial charge in [0.1, 0.15) is 22.1 Å². The van der Waals surface area contributed by atoms with Crippen molar-refractivity contribution in [2.24, 2.45) is 0 Å². The number of ether oxygens (including phenoxy) is 1.